The second kappa shape index (κ2) is 12.9. The van der Waals surface area contributed by atoms with Gasteiger partial charge in [-0.1, -0.05) is 140 Å². The Labute approximate surface area is 338 Å². The fourth-order valence-corrected chi connectivity index (χ4v) is 9.03. The number of aromatic nitrogens is 4. The van der Waals surface area contributed by atoms with Crippen LogP contribution in [0.15, 0.2) is 192 Å². The molecule has 6 nitrogen and oxygen atoms in total. The zero-order valence-electron chi connectivity index (χ0n) is 31.5. The Kier molecular flexibility index (Phi) is 7.19. The quantitative estimate of drug-likeness (QED) is 0.175. The standard InChI is InChI=1S/C53H31N5O/c54-32-42-49(33-15-4-1-5-16-33)55-53(56-50(42)34-17-6-2-7-18-34)35-27-28-41-47(31-35)59-46-26-14-25-45(48(41)46)58-44-24-13-11-22-38(44)40-30-29-39-37-21-10-12-23-43(37)57(51(39)52(40)58)36-19-8-3-9-20-36/h1-31H. The first kappa shape index (κ1) is 32.9. The van der Waals surface area contributed by atoms with Crippen LogP contribution in [0.3, 0.4) is 0 Å². The van der Waals surface area contributed by atoms with Gasteiger partial charge in [-0.15, -0.1) is 0 Å². The molecule has 0 fully saturated rings. The maximum atomic E-state index is 10.5. The van der Waals surface area contributed by atoms with Crippen molar-refractivity contribution in [1.82, 2.24) is 19.1 Å². The Morgan fingerprint density at radius 2 is 0.983 bits per heavy atom. The van der Waals surface area contributed by atoms with E-state index in [1.54, 1.807) is 0 Å². The highest BCUT2D eigenvalue weighted by molar-refractivity contribution is 6.24. The third-order valence-electron chi connectivity index (χ3n) is 11.6. The molecule has 0 saturated heterocycles. The van der Waals surface area contributed by atoms with Crippen molar-refractivity contribution in [2.45, 2.75) is 0 Å². The summed E-state index contributed by atoms with van der Waals surface area (Å²) in [5, 5.41) is 17.2. The Bertz CT molecular complexity index is 3610. The van der Waals surface area contributed by atoms with Crippen LogP contribution >= 0.6 is 0 Å². The van der Waals surface area contributed by atoms with Crippen LogP contribution in [0.1, 0.15) is 5.56 Å². The van der Waals surface area contributed by atoms with Gasteiger partial charge < -0.3 is 13.6 Å². The Morgan fingerprint density at radius 3 is 1.61 bits per heavy atom. The van der Waals surface area contributed by atoms with E-state index in [-0.39, 0.29) is 0 Å². The van der Waals surface area contributed by atoms with E-state index in [1.165, 1.54) is 21.5 Å². The fraction of sp³-hybridized carbons (Fsp3) is 0. The lowest BCUT2D eigenvalue weighted by Gasteiger charge is -2.13. The van der Waals surface area contributed by atoms with Crippen LogP contribution < -0.4 is 0 Å². The summed E-state index contributed by atoms with van der Waals surface area (Å²) in [7, 11) is 0. The Morgan fingerprint density at radius 1 is 0.441 bits per heavy atom. The van der Waals surface area contributed by atoms with Gasteiger partial charge in [-0.25, -0.2) is 9.97 Å². The van der Waals surface area contributed by atoms with E-state index in [0.29, 0.717) is 22.8 Å². The molecule has 0 aliphatic carbocycles. The molecule has 0 amide bonds. The minimum Gasteiger partial charge on any atom is -0.456 e. The van der Waals surface area contributed by atoms with Crippen molar-refractivity contribution in [2.75, 3.05) is 0 Å². The molecule has 12 aromatic rings. The highest BCUT2D eigenvalue weighted by Gasteiger charge is 2.24. The third-order valence-corrected chi connectivity index (χ3v) is 11.6. The summed E-state index contributed by atoms with van der Waals surface area (Å²) in [6, 6.07) is 67.2. The molecule has 0 aliphatic rings. The molecule has 4 aromatic heterocycles. The lowest BCUT2D eigenvalue weighted by Crippen LogP contribution is -2.01. The van der Waals surface area contributed by atoms with E-state index in [2.05, 4.69) is 130 Å². The first-order valence-electron chi connectivity index (χ1n) is 19.6. The molecule has 0 bridgehead atoms. The molecule has 0 N–H and O–H groups in total. The molecule has 0 saturated carbocycles. The van der Waals surface area contributed by atoms with Crippen molar-refractivity contribution < 1.29 is 4.42 Å². The second-order valence-corrected chi connectivity index (χ2v) is 14.8. The van der Waals surface area contributed by atoms with Gasteiger partial charge in [0.05, 0.1) is 44.5 Å². The molecular weight excluding hydrogens is 723 g/mol. The summed E-state index contributed by atoms with van der Waals surface area (Å²) in [6.45, 7) is 0. The average molecular weight is 754 g/mol. The van der Waals surface area contributed by atoms with E-state index in [4.69, 9.17) is 14.4 Å². The van der Waals surface area contributed by atoms with Crippen LogP contribution in [0.4, 0.5) is 0 Å². The van der Waals surface area contributed by atoms with Crippen molar-refractivity contribution in [1.29, 1.82) is 5.26 Å². The zero-order chi connectivity index (χ0) is 39.0. The number of rotatable bonds is 5. The van der Waals surface area contributed by atoms with E-state index in [0.717, 1.165) is 72.1 Å². The van der Waals surface area contributed by atoms with Crippen LogP contribution in [0.5, 0.6) is 0 Å². The van der Waals surface area contributed by atoms with Gasteiger partial charge in [0.1, 0.15) is 22.8 Å². The van der Waals surface area contributed by atoms with Gasteiger partial charge in [0.25, 0.3) is 0 Å². The number of nitriles is 1. The van der Waals surface area contributed by atoms with Gasteiger partial charge in [-0.2, -0.15) is 5.26 Å². The smallest absolute Gasteiger partial charge is 0.160 e. The molecule has 4 heterocycles. The molecule has 8 aromatic carbocycles. The highest BCUT2D eigenvalue weighted by atomic mass is 16.3. The predicted molar refractivity (Wildman–Crippen MR) is 239 cm³/mol. The summed E-state index contributed by atoms with van der Waals surface area (Å²) < 4.78 is 11.6. The van der Waals surface area contributed by atoms with Gasteiger partial charge in [0.15, 0.2) is 5.82 Å². The van der Waals surface area contributed by atoms with Crippen molar-refractivity contribution in [3.8, 4) is 51.3 Å². The van der Waals surface area contributed by atoms with E-state index in [9.17, 15) is 5.26 Å². The van der Waals surface area contributed by atoms with Gasteiger partial charge in [0, 0.05) is 49.3 Å². The number of hydrogen-bond donors (Lipinski definition) is 0. The van der Waals surface area contributed by atoms with Gasteiger partial charge in [-0.3, -0.25) is 0 Å². The topological polar surface area (TPSA) is 72.6 Å². The van der Waals surface area contributed by atoms with Crippen LogP contribution in [0, 0.1) is 11.3 Å². The minimum absolute atomic E-state index is 0.437. The first-order valence-corrected chi connectivity index (χ1v) is 19.6. The maximum Gasteiger partial charge on any atom is 0.160 e. The van der Waals surface area contributed by atoms with Crippen molar-refractivity contribution in [3.63, 3.8) is 0 Å². The summed E-state index contributed by atoms with van der Waals surface area (Å²) in [5.74, 6) is 0.516. The van der Waals surface area contributed by atoms with Crippen LogP contribution in [0.2, 0.25) is 0 Å². The third kappa shape index (κ3) is 4.92. The largest absolute Gasteiger partial charge is 0.456 e. The molecule has 0 aliphatic heterocycles. The van der Waals surface area contributed by atoms with Crippen LogP contribution in [0.25, 0.3) is 111 Å². The van der Waals surface area contributed by atoms with E-state index in [1.807, 2.05) is 72.8 Å². The van der Waals surface area contributed by atoms with Gasteiger partial charge >= 0.3 is 0 Å². The second-order valence-electron chi connectivity index (χ2n) is 14.8. The van der Waals surface area contributed by atoms with Crippen molar-refractivity contribution in [2.24, 2.45) is 0 Å². The minimum atomic E-state index is 0.437. The number of hydrogen-bond acceptors (Lipinski definition) is 4. The maximum absolute atomic E-state index is 10.5. The number of furan rings is 1. The fourth-order valence-electron chi connectivity index (χ4n) is 9.03. The van der Waals surface area contributed by atoms with Crippen LogP contribution in [-0.2, 0) is 0 Å². The van der Waals surface area contributed by atoms with E-state index >= 15 is 0 Å². The molecule has 0 unspecified atom stereocenters. The number of benzene rings is 8. The van der Waals surface area contributed by atoms with Crippen LogP contribution in [-0.4, -0.2) is 19.1 Å². The normalized spacial score (nSPS) is 11.7. The predicted octanol–water partition coefficient (Wildman–Crippen LogP) is 13.4. The summed E-state index contributed by atoms with van der Waals surface area (Å²) in [4.78, 5) is 10.1. The molecular formula is C53H31N5O. The summed E-state index contributed by atoms with van der Waals surface area (Å²) in [6.07, 6.45) is 0. The van der Waals surface area contributed by atoms with Gasteiger partial charge in [0.2, 0.25) is 0 Å². The first-order chi connectivity index (χ1) is 29.2. The highest BCUT2D eigenvalue weighted by Crippen LogP contribution is 2.44. The van der Waals surface area contributed by atoms with E-state index < -0.39 is 0 Å². The Hall–Kier alpha value is -8.27. The zero-order valence-corrected chi connectivity index (χ0v) is 31.5. The van der Waals surface area contributed by atoms with Gasteiger partial charge in [-0.05, 0) is 48.5 Å². The molecule has 0 radical (unpaired) electrons. The molecule has 12 rings (SSSR count). The monoisotopic (exact) mass is 753 g/mol. The Balaban J connectivity index is 1.13. The van der Waals surface area contributed by atoms with Crippen molar-refractivity contribution in [3.05, 3.63) is 194 Å². The lowest BCUT2D eigenvalue weighted by molar-refractivity contribution is 0.669. The lowest BCUT2D eigenvalue weighted by atomic mass is 10.00. The molecule has 274 valence electrons. The number of fused-ring (bicyclic) bond motifs is 10. The average Bonchev–Trinajstić information content (AvgIpc) is 3.97. The molecule has 59 heavy (non-hydrogen) atoms. The number of para-hydroxylation sites is 3. The molecule has 6 heteroatoms. The SMILES string of the molecule is N#Cc1c(-c2ccccc2)nc(-c2ccc3c(c2)oc2cccc(-n4c5ccccc5c5ccc6c7ccccc7n(-c7ccccc7)c6c54)c23)nc1-c1ccccc1. The van der Waals surface area contributed by atoms with Crippen molar-refractivity contribution >= 4 is 65.6 Å². The summed E-state index contributed by atoms with van der Waals surface area (Å²) >= 11 is 0. The molecule has 0 spiro atoms. The summed E-state index contributed by atoms with van der Waals surface area (Å²) in [5.41, 5.74) is 12.3. The number of nitrogens with zero attached hydrogens (tertiary/aromatic N) is 5. The molecule has 0 atom stereocenters.